The number of sulfonamides is 1. The molecule has 1 aliphatic heterocycles. The Bertz CT molecular complexity index is 718. The highest BCUT2D eigenvalue weighted by Crippen LogP contribution is 2.26. The summed E-state index contributed by atoms with van der Waals surface area (Å²) in [6.45, 7) is 1.19. The van der Waals surface area contributed by atoms with Crippen LogP contribution in [0.5, 0.6) is 0 Å². The van der Waals surface area contributed by atoms with E-state index in [9.17, 15) is 30.4 Å². The average molecular weight is 387 g/mol. The van der Waals surface area contributed by atoms with Gasteiger partial charge in [-0.25, -0.2) is 21.9 Å². The molecule has 0 radical (unpaired) electrons. The van der Waals surface area contributed by atoms with Crippen molar-refractivity contribution in [1.29, 1.82) is 0 Å². The van der Waals surface area contributed by atoms with Gasteiger partial charge >= 0.3 is 6.18 Å². The van der Waals surface area contributed by atoms with Crippen molar-refractivity contribution in [2.24, 2.45) is 0 Å². The second-order valence-corrected chi connectivity index (χ2v) is 7.46. The molecule has 0 aromatic heterocycles. The number of halogens is 5. The standard InChI is InChI=1S/C14H18F5N3O2S/c1-9-6-12(11(16)7-10(9)15)25(23,24)21-8-13(14(17,18)19)22-4-2-20-3-5-22/h6-7,13,20-21H,2-5,8H2,1H3. The Kier molecular flexibility index (Phi) is 6.02. The minimum absolute atomic E-state index is 0.107. The van der Waals surface area contributed by atoms with Crippen molar-refractivity contribution in [2.75, 3.05) is 32.7 Å². The molecule has 0 bridgehead atoms. The number of hydrogen-bond donors (Lipinski definition) is 2. The van der Waals surface area contributed by atoms with Crippen molar-refractivity contribution >= 4 is 10.0 Å². The fraction of sp³-hybridized carbons (Fsp3) is 0.571. The van der Waals surface area contributed by atoms with Crippen LogP contribution in [0.1, 0.15) is 5.56 Å². The zero-order chi connectivity index (χ0) is 18.8. The molecule has 1 saturated heterocycles. The maximum Gasteiger partial charge on any atom is 0.405 e. The summed E-state index contributed by atoms with van der Waals surface area (Å²) in [6, 6.07) is -0.893. The summed E-state index contributed by atoms with van der Waals surface area (Å²) >= 11 is 0. The minimum atomic E-state index is -4.66. The van der Waals surface area contributed by atoms with E-state index in [1.165, 1.54) is 6.92 Å². The van der Waals surface area contributed by atoms with E-state index in [4.69, 9.17) is 0 Å². The third-order valence-corrected chi connectivity index (χ3v) is 5.38. The first-order valence-electron chi connectivity index (χ1n) is 7.49. The van der Waals surface area contributed by atoms with E-state index in [0.29, 0.717) is 19.2 Å². The number of rotatable bonds is 5. The van der Waals surface area contributed by atoms with E-state index in [0.717, 1.165) is 11.0 Å². The van der Waals surface area contributed by atoms with Crippen LogP contribution in [-0.4, -0.2) is 58.3 Å². The van der Waals surface area contributed by atoms with Gasteiger partial charge in [-0.15, -0.1) is 0 Å². The van der Waals surface area contributed by atoms with Crippen molar-refractivity contribution in [2.45, 2.75) is 24.0 Å². The van der Waals surface area contributed by atoms with Crippen molar-refractivity contribution in [3.63, 3.8) is 0 Å². The van der Waals surface area contributed by atoms with Crippen LogP contribution in [0.2, 0.25) is 0 Å². The van der Waals surface area contributed by atoms with Crippen LogP contribution in [0.15, 0.2) is 17.0 Å². The highest BCUT2D eigenvalue weighted by Gasteiger charge is 2.44. The SMILES string of the molecule is Cc1cc(S(=O)(=O)NCC(N2CCNCC2)C(F)(F)F)c(F)cc1F. The van der Waals surface area contributed by atoms with Gasteiger partial charge in [0.1, 0.15) is 22.6 Å². The van der Waals surface area contributed by atoms with Crippen LogP contribution in [0.25, 0.3) is 0 Å². The second-order valence-electron chi connectivity index (χ2n) is 5.73. The van der Waals surface area contributed by atoms with Crippen LogP contribution in [0, 0.1) is 18.6 Å². The first kappa shape index (κ1) is 20.0. The Labute approximate surface area is 142 Å². The molecule has 0 aliphatic carbocycles. The quantitative estimate of drug-likeness (QED) is 0.750. The van der Waals surface area contributed by atoms with Gasteiger partial charge in [-0.05, 0) is 18.6 Å². The molecule has 2 N–H and O–H groups in total. The van der Waals surface area contributed by atoms with Gasteiger partial charge in [-0.3, -0.25) is 4.90 Å². The molecule has 1 heterocycles. The summed E-state index contributed by atoms with van der Waals surface area (Å²) in [6.07, 6.45) is -4.66. The summed E-state index contributed by atoms with van der Waals surface area (Å²) in [7, 11) is -4.56. The number of nitrogens with zero attached hydrogens (tertiary/aromatic N) is 1. The molecule has 0 saturated carbocycles. The van der Waals surface area contributed by atoms with E-state index in [1.54, 1.807) is 4.72 Å². The zero-order valence-corrected chi connectivity index (χ0v) is 14.1. The van der Waals surface area contributed by atoms with E-state index >= 15 is 0 Å². The van der Waals surface area contributed by atoms with Gasteiger partial charge in [0.15, 0.2) is 0 Å². The van der Waals surface area contributed by atoms with E-state index < -0.39 is 45.3 Å². The monoisotopic (exact) mass is 387 g/mol. The smallest absolute Gasteiger partial charge is 0.314 e. The van der Waals surface area contributed by atoms with E-state index in [2.05, 4.69) is 5.32 Å². The van der Waals surface area contributed by atoms with Crippen LogP contribution in [-0.2, 0) is 10.0 Å². The second kappa shape index (κ2) is 7.52. The number of alkyl halides is 3. The Morgan fingerprint density at radius 3 is 2.36 bits per heavy atom. The average Bonchev–Trinajstić information content (AvgIpc) is 2.50. The summed E-state index contributed by atoms with van der Waals surface area (Å²) in [5.41, 5.74) is -0.128. The molecule has 0 spiro atoms. The lowest BCUT2D eigenvalue weighted by Crippen LogP contribution is -2.57. The Balaban J connectivity index is 2.20. The molecular weight excluding hydrogens is 369 g/mol. The molecule has 1 aromatic rings. The van der Waals surface area contributed by atoms with Crippen molar-refractivity contribution < 1.29 is 30.4 Å². The Morgan fingerprint density at radius 2 is 1.80 bits per heavy atom. The van der Waals surface area contributed by atoms with Gasteiger partial charge < -0.3 is 5.32 Å². The Morgan fingerprint density at radius 1 is 1.20 bits per heavy atom. The van der Waals surface area contributed by atoms with E-state index in [1.807, 2.05) is 0 Å². The molecule has 25 heavy (non-hydrogen) atoms. The van der Waals surface area contributed by atoms with Gasteiger partial charge in [0.2, 0.25) is 10.0 Å². The predicted molar refractivity (Wildman–Crippen MR) is 80.6 cm³/mol. The minimum Gasteiger partial charge on any atom is -0.314 e. The number of hydrogen-bond acceptors (Lipinski definition) is 4. The number of aryl methyl sites for hydroxylation is 1. The molecule has 1 fully saturated rings. The van der Waals surface area contributed by atoms with Crippen molar-refractivity contribution in [1.82, 2.24) is 14.9 Å². The topological polar surface area (TPSA) is 61.4 Å². The van der Waals surface area contributed by atoms with Gasteiger partial charge in [0.25, 0.3) is 0 Å². The summed E-state index contributed by atoms with van der Waals surface area (Å²) in [5, 5.41) is 2.91. The summed E-state index contributed by atoms with van der Waals surface area (Å²) < 4.78 is 92.9. The third-order valence-electron chi connectivity index (χ3n) is 3.94. The molecule has 142 valence electrons. The van der Waals surface area contributed by atoms with Crippen LogP contribution in [0.3, 0.4) is 0 Å². The van der Waals surface area contributed by atoms with Crippen LogP contribution < -0.4 is 10.0 Å². The van der Waals surface area contributed by atoms with Crippen molar-refractivity contribution in [3.05, 3.63) is 29.3 Å². The zero-order valence-electron chi connectivity index (χ0n) is 13.3. The fourth-order valence-electron chi connectivity index (χ4n) is 2.55. The maximum atomic E-state index is 13.7. The lowest BCUT2D eigenvalue weighted by molar-refractivity contribution is -0.182. The molecule has 11 heteroatoms. The molecule has 1 atom stereocenters. The lowest BCUT2D eigenvalue weighted by atomic mass is 10.2. The normalized spacial score (nSPS) is 18.3. The highest BCUT2D eigenvalue weighted by molar-refractivity contribution is 7.89. The maximum absolute atomic E-state index is 13.7. The molecule has 1 aliphatic rings. The van der Waals surface area contributed by atoms with Crippen molar-refractivity contribution in [3.8, 4) is 0 Å². The molecule has 5 nitrogen and oxygen atoms in total. The molecule has 0 amide bonds. The van der Waals surface area contributed by atoms with E-state index in [-0.39, 0.29) is 18.7 Å². The molecular formula is C14H18F5N3O2S. The van der Waals surface area contributed by atoms with Gasteiger partial charge in [0, 0.05) is 38.8 Å². The summed E-state index contributed by atoms with van der Waals surface area (Å²) in [5.74, 6) is -2.30. The van der Waals surface area contributed by atoms with Gasteiger partial charge in [-0.1, -0.05) is 0 Å². The predicted octanol–water partition coefficient (Wildman–Crippen LogP) is 1.39. The lowest BCUT2D eigenvalue weighted by Gasteiger charge is -2.35. The number of benzene rings is 1. The first-order valence-corrected chi connectivity index (χ1v) is 8.97. The fourth-order valence-corrected chi connectivity index (χ4v) is 3.73. The highest BCUT2D eigenvalue weighted by atomic mass is 32.2. The van der Waals surface area contributed by atoms with Gasteiger partial charge in [0.05, 0.1) is 0 Å². The first-order chi connectivity index (χ1) is 11.5. The molecule has 1 aromatic carbocycles. The Hall–Kier alpha value is -1.30. The number of nitrogens with one attached hydrogen (secondary N) is 2. The molecule has 2 rings (SSSR count). The largest absolute Gasteiger partial charge is 0.405 e. The third kappa shape index (κ3) is 4.87. The number of piperazine rings is 1. The van der Waals surface area contributed by atoms with Gasteiger partial charge in [-0.2, -0.15) is 13.2 Å². The summed E-state index contributed by atoms with van der Waals surface area (Å²) in [4.78, 5) is 0.235. The van der Waals surface area contributed by atoms with Crippen LogP contribution in [0.4, 0.5) is 22.0 Å². The molecule has 1 unspecified atom stereocenters. The van der Waals surface area contributed by atoms with Crippen LogP contribution >= 0.6 is 0 Å².